The summed E-state index contributed by atoms with van der Waals surface area (Å²) in [7, 11) is 0. The van der Waals surface area contributed by atoms with Crippen LogP contribution >= 0.6 is 11.9 Å². The van der Waals surface area contributed by atoms with Gasteiger partial charge in [-0.2, -0.15) is 13.9 Å². The van der Waals surface area contributed by atoms with Crippen LogP contribution in [-0.2, 0) is 17.9 Å². The summed E-state index contributed by atoms with van der Waals surface area (Å²) in [6, 6.07) is 18.3. The number of halogens is 2. The number of hydrogen-bond donors (Lipinski definition) is 1. The molecule has 1 N–H and O–H groups in total. The van der Waals surface area contributed by atoms with E-state index in [1.165, 1.54) is 24.1 Å². The van der Waals surface area contributed by atoms with Gasteiger partial charge in [0.1, 0.15) is 5.75 Å². The van der Waals surface area contributed by atoms with Crippen molar-refractivity contribution in [2.75, 3.05) is 19.6 Å². The number of nitrogens with zero attached hydrogens (tertiary/aromatic N) is 4. The SMILES string of the molecule is CC.O=C(CN1CC(O)C1)N1Cc2cn(Sc3ccc(OC(F)F)cc3)nc2C1.c1ccccc1. The molecule has 0 unspecified atom stereocenters. The zero-order valence-electron chi connectivity index (χ0n) is 19.8. The average molecular weight is 505 g/mol. The molecule has 2 aromatic carbocycles. The molecule has 5 rings (SSSR count). The molecule has 3 aromatic rings. The van der Waals surface area contributed by atoms with E-state index in [1.807, 2.05) is 61.3 Å². The minimum absolute atomic E-state index is 0.0359. The van der Waals surface area contributed by atoms with Crippen LogP contribution in [0.4, 0.5) is 8.78 Å². The summed E-state index contributed by atoms with van der Waals surface area (Å²) in [6.45, 7) is 3.58. The smallest absolute Gasteiger partial charge is 0.387 e. The number of rotatable bonds is 6. The van der Waals surface area contributed by atoms with E-state index < -0.39 is 6.61 Å². The lowest BCUT2D eigenvalue weighted by atomic mass is 10.2. The molecule has 35 heavy (non-hydrogen) atoms. The van der Waals surface area contributed by atoms with E-state index in [4.69, 9.17) is 0 Å². The highest BCUT2D eigenvalue weighted by molar-refractivity contribution is 7.97. The molecule has 10 heteroatoms. The Kier molecular flexibility index (Phi) is 10.1. The molecule has 1 amide bonds. The molecule has 0 saturated carbocycles. The van der Waals surface area contributed by atoms with Gasteiger partial charge in [-0.3, -0.25) is 9.69 Å². The first-order valence-corrected chi connectivity index (χ1v) is 12.2. The van der Waals surface area contributed by atoms with Crippen molar-refractivity contribution in [2.45, 2.75) is 44.5 Å². The predicted octanol–water partition coefficient (Wildman–Crippen LogP) is 4.27. The Morgan fingerprint density at radius 2 is 1.69 bits per heavy atom. The molecular weight excluding hydrogens is 474 g/mol. The van der Waals surface area contributed by atoms with Gasteiger partial charge in [0.25, 0.3) is 0 Å². The maximum Gasteiger partial charge on any atom is 0.387 e. The second kappa shape index (κ2) is 13.2. The molecule has 188 valence electrons. The third-order valence-electron chi connectivity index (χ3n) is 5.12. The van der Waals surface area contributed by atoms with Crippen LogP contribution in [0.25, 0.3) is 0 Å². The zero-order valence-corrected chi connectivity index (χ0v) is 20.6. The Morgan fingerprint density at radius 1 is 1.09 bits per heavy atom. The zero-order chi connectivity index (χ0) is 25.2. The van der Waals surface area contributed by atoms with Gasteiger partial charge < -0.3 is 14.7 Å². The van der Waals surface area contributed by atoms with Gasteiger partial charge in [-0.25, -0.2) is 4.09 Å². The van der Waals surface area contributed by atoms with E-state index >= 15 is 0 Å². The second-order valence-corrected chi connectivity index (χ2v) is 8.73. The number of aromatic nitrogens is 2. The minimum atomic E-state index is -2.84. The van der Waals surface area contributed by atoms with E-state index in [9.17, 15) is 18.7 Å². The van der Waals surface area contributed by atoms with Crippen LogP contribution in [0, 0.1) is 0 Å². The first kappa shape index (κ1) is 26.7. The predicted molar refractivity (Wildman–Crippen MR) is 131 cm³/mol. The van der Waals surface area contributed by atoms with Gasteiger partial charge in [0, 0.05) is 48.2 Å². The number of benzene rings is 2. The lowest BCUT2D eigenvalue weighted by molar-refractivity contribution is -0.135. The van der Waals surface area contributed by atoms with Crippen molar-refractivity contribution in [3.05, 3.63) is 78.1 Å². The normalized spacial score (nSPS) is 14.9. The Morgan fingerprint density at radius 3 is 2.20 bits per heavy atom. The second-order valence-electron chi connectivity index (χ2n) is 7.70. The van der Waals surface area contributed by atoms with Gasteiger partial charge in [0.2, 0.25) is 5.91 Å². The number of amides is 1. The molecule has 0 aliphatic carbocycles. The Hall–Kier alpha value is -2.95. The number of β-amino-alcohol motifs (C(OH)–C–C–N with tert-alkyl or cyclic N) is 1. The van der Waals surface area contributed by atoms with Crippen LogP contribution in [0.1, 0.15) is 25.1 Å². The Bertz CT molecular complexity index is 994. The van der Waals surface area contributed by atoms with E-state index in [2.05, 4.69) is 9.84 Å². The van der Waals surface area contributed by atoms with Crippen molar-refractivity contribution in [2.24, 2.45) is 0 Å². The fraction of sp³-hybridized carbons (Fsp3) is 0.360. The van der Waals surface area contributed by atoms with E-state index in [1.54, 1.807) is 21.1 Å². The largest absolute Gasteiger partial charge is 0.435 e. The van der Waals surface area contributed by atoms with Gasteiger partial charge >= 0.3 is 6.61 Å². The molecule has 1 aromatic heterocycles. The number of hydrogen-bond acceptors (Lipinski definition) is 6. The molecule has 7 nitrogen and oxygen atoms in total. The van der Waals surface area contributed by atoms with Crippen LogP contribution in [0.2, 0.25) is 0 Å². The fourth-order valence-corrected chi connectivity index (χ4v) is 4.28. The molecule has 3 heterocycles. The van der Waals surface area contributed by atoms with Crippen LogP contribution in [0.3, 0.4) is 0 Å². The lowest BCUT2D eigenvalue weighted by Gasteiger charge is -2.36. The Balaban J connectivity index is 0.000000369. The molecule has 2 aliphatic heterocycles. The number of aliphatic hydroxyl groups excluding tert-OH is 1. The van der Waals surface area contributed by atoms with E-state index in [0.29, 0.717) is 32.7 Å². The maximum atomic E-state index is 12.3. The first-order chi connectivity index (χ1) is 17.0. The van der Waals surface area contributed by atoms with Gasteiger partial charge in [-0.15, -0.1) is 0 Å². The molecule has 1 saturated heterocycles. The van der Waals surface area contributed by atoms with Crippen molar-refractivity contribution in [1.29, 1.82) is 0 Å². The summed E-state index contributed by atoms with van der Waals surface area (Å²) in [6.07, 6.45) is 1.56. The first-order valence-electron chi connectivity index (χ1n) is 11.4. The lowest BCUT2D eigenvalue weighted by Crippen LogP contribution is -2.53. The number of aliphatic hydroxyl groups is 1. The molecule has 0 bridgehead atoms. The Labute approximate surface area is 208 Å². The average Bonchev–Trinajstić information content (AvgIpc) is 3.41. The number of carbonyl (C=O) groups is 1. The summed E-state index contributed by atoms with van der Waals surface area (Å²) in [5.74, 6) is 0.148. The summed E-state index contributed by atoms with van der Waals surface area (Å²) in [5.41, 5.74) is 1.86. The minimum Gasteiger partial charge on any atom is -0.435 e. The highest BCUT2D eigenvalue weighted by Crippen LogP contribution is 2.28. The van der Waals surface area contributed by atoms with Crippen molar-refractivity contribution in [3.8, 4) is 5.75 Å². The molecule has 1 fully saturated rings. The monoisotopic (exact) mass is 504 g/mol. The molecule has 2 aliphatic rings. The van der Waals surface area contributed by atoms with Crippen LogP contribution in [0.15, 0.2) is 71.8 Å². The van der Waals surface area contributed by atoms with Crippen LogP contribution in [-0.4, -0.2) is 62.3 Å². The number of likely N-dealkylation sites (tertiary alicyclic amines) is 1. The van der Waals surface area contributed by atoms with Crippen molar-refractivity contribution in [3.63, 3.8) is 0 Å². The number of alkyl halides is 2. The fourth-order valence-electron chi connectivity index (χ4n) is 3.49. The molecular formula is C25H30F2N4O3S. The number of fused-ring (bicyclic) bond motifs is 1. The van der Waals surface area contributed by atoms with Crippen molar-refractivity contribution in [1.82, 2.24) is 19.0 Å². The molecule has 0 spiro atoms. The van der Waals surface area contributed by atoms with Gasteiger partial charge in [0.05, 0.1) is 24.9 Å². The highest BCUT2D eigenvalue weighted by Gasteiger charge is 2.31. The quantitative estimate of drug-likeness (QED) is 0.541. The van der Waals surface area contributed by atoms with Gasteiger partial charge in [0.15, 0.2) is 0 Å². The molecule has 0 atom stereocenters. The third-order valence-corrected chi connectivity index (χ3v) is 5.98. The maximum absolute atomic E-state index is 12.3. The van der Waals surface area contributed by atoms with E-state index in [0.717, 1.165) is 16.2 Å². The van der Waals surface area contributed by atoms with Gasteiger partial charge in [-0.1, -0.05) is 50.2 Å². The third kappa shape index (κ3) is 8.05. The van der Waals surface area contributed by atoms with Crippen LogP contribution in [0.5, 0.6) is 5.75 Å². The summed E-state index contributed by atoms with van der Waals surface area (Å²) >= 11 is 1.36. The van der Waals surface area contributed by atoms with E-state index in [-0.39, 0.29) is 17.8 Å². The summed E-state index contributed by atoms with van der Waals surface area (Å²) in [4.78, 5) is 16.8. The summed E-state index contributed by atoms with van der Waals surface area (Å²) in [5, 5.41) is 13.8. The highest BCUT2D eigenvalue weighted by atomic mass is 32.2. The standard InChI is InChI=1S/C17H18F2N4O3S.C6H6.C2H6/c18-17(19)26-13-1-3-14(4-2-13)27-23-6-11-5-22(9-15(11)20-23)16(25)10-21-7-12(24)8-21;1-2-4-6-5-3-1;1-2/h1-4,6,12,17,24H,5,7-10H2;1-6H;1-2H3. The van der Waals surface area contributed by atoms with Gasteiger partial charge in [-0.05, 0) is 24.3 Å². The number of carbonyl (C=O) groups excluding carboxylic acids is 1. The van der Waals surface area contributed by atoms with Crippen LogP contribution < -0.4 is 4.74 Å². The topological polar surface area (TPSA) is 70.8 Å². The molecule has 0 radical (unpaired) electrons. The van der Waals surface area contributed by atoms with Crippen molar-refractivity contribution >= 4 is 17.9 Å². The van der Waals surface area contributed by atoms with Crippen molar-refractivity contribution < 1.29 is 23.4 Å². The number of ether oxygens (including phenoxy) is 1. The summed E-state index contributed by atoms with van der Waals surface area (Å²) < 4.78 is 30.4.